The number of methoxy groups -OCH3 is 1. The summed E-state index contributed by atoms with van der Waals surface area (Å²) in [5.74, 6) is 0.128. The zero-order chi connectivity index (χ0) is 14.7. The summed E-state index contributed by atoms with van der Waals surface area (Å²) in [6.07, 6.45) is 1.91. The lowest BCUT2D eigenvalue weighted by molar-refractivity contribution is -0.117. The summed E-state index contributed by atoms with van der Waals surface area (Å²) >= 11 is 0. The van der Waals surface area contributed by atoms with E-state index in [9.17, 15) is 14.7 Å². The number of rotatable bonds is 5. The van der Waals surface area contributed by atoms with E-state index in [0.29, 0.717) is 42.6 Å². The number of aromatic hydroxyl groups is 1. The predicted molar refractivity (Wildman–Crippen MR) is 72.1 cm³/mol. The number of ether oxygens (including phenoxy) is 2. The molecule has 1 aliphatic heterocycles. The van der Waals surface area contributed by atoms with Crippen LogP contribution in [0.15, 0.2) is 12.1 Å². The first-order valence-electron chi connectivity index (χ1n) is 6.62. The second-order valence-electron chi connectivity index (χ2n) is 4.97. The summed E-state index contributed by atoms with van der Waals surface area (Å²) < 4.78 is 10.5. The molecule has 0 aromatic heterocycles. The first-order chi connectivity index (χ1) is 9.52. The third kappa shape index (κ3) is 2.92. The minimum absolute atomic E-state index is 0.0778. The van der Waals surface area contributed by atoms with Gasteiger partial charge in [-0.1, -0.05) is 0 Å². The normalized spacial score (nSPS) is 17.3. The number of ketones is 1. The maximum absolute atomic E-state index is 12.0. The van der Waals surface area contributed by atoms with Crippen molar-refractivity contribution in [3.8, 4) is 11.5 Å². The molecule has 1 N–H and O–H groups in total. The highest BCUT2D eigenvalue weighted by Gasteiger charge is 2.31. The molecule has 0 amide bonds. The summed E-state index contributed by atoms with van der Waals surface area (Å²) in [5, 5.41) is 9.91. The molecule has 0 spiro atoms. The lowest BCUT2D eigenvalue weighted by Crippen LogP contribution is -2.28. The number of esters is 1. The zero-order valence-corrected chi connectivity index (χ0v) is 11.6. The highest BCUT2D eigenvalue weighted by Crippen LogP contribution is 2.35. The Bertz CT molecular complexity index is 535. The van der Waals surface area contributed by atoms with Gasteiger partial charge in [-0.15, -0.1) is 0 Å². The van der Waals surface area contributed by atoms with Gasteiger partial charge in [-0.3, -0.25) is 0 Å². The van der Waals surface area contributed by atoms with Crippen LogP contribution in [-0.4, -0.2) is 30.1 Å². The van der Waals surface area contributed by atoms with Gasteiger partial charge in [-0.05, 0) is 31.9 Å². The molecular weight excluding hydrogens is 260 g/mol. The van der Waals surface area contributed by atoms with E-state index >= 15 is 0 Å². The smallest absolute Gasteiger partial charge is 0.342 e. The van der Waals surface area contributed by atoms with Gasteiger partial charge in [-0.25, -0.2) is 4.79 Å². The van der Waals surface area contributed by atoms with Gasteiger partial charge >= 0.3 is 5.97 Å². The van der Waals surface area contributed by atoms with Crippen LogP contribution in [0.5, 0.6) is 11.5 Å². The average Bonchev–Trinajstić information content (AvgIpc) is 2.39. The van der Waals surface area contributed by atoms with E-state index in [1.54, 1.807) is 13.0 Å². The monoisotopic (exact) mass is 278 g/mol. The Balaban J connectivity index is 2.17. The Labute approximate surface area is 117 Å². The van der Waals surface area contributed by atoms with E-state index in [1.807, 2.05) is 0 Å². The van der Waals surface area contributed by atoms with Crippen LogP contribution in [0.2, 0.25) is 0 Å². The molecule has 0 radical (unpaired) electrons. The van der Waals surface area contributed by atoms with E-state index in [-0.39, 0.29) is 17.6 Å². The number of Topliss-reactive ketones (excluding diaryl/α,β-unsaturated/α-hetero) is 1. The van der Waals surface area contributed by atoms with Gasteiger partial charge < -0.3 is 19.4 Å². The summed E-state index contributed by atoms with van der Waals surface area (Å²) in [6, 6.07) is 3.06. The largest absolute Gasteiger partial charge is 0.508 e. The van der Waals surface area contributed by atoms with Gasteiger partial charge in [0.1, 0.15) is 28.9 Å². The zero-order valence-electron chi connectivity index (χ0n) is 11.6. The Morgan fingerprint density at radius 2 is 2.25 bits per heavy atom. The van der Waals surface area contributed by atoms with E-state index < -0.39 is 5.97 Å². The summed E-state index contributed by atoms with van der Waals surface area (Å²) in [5.41, 5.74) is 0.865. The fourth-order valence-electron chi connectivity index (χ4n) is 2.44. The van der Waals surface area contributed by atoms with E-state index in [0.717, 1.165) is 0 Å². The van der Waals surface area contributed by atoms with E-state index in [4.69, 9.17) is 9.47 Å². The minimum atomic E-state index is -0.480. The van der Waals surface area contributed by atoms with Crippen molar-refractivity contribution in [2.75, 3.05) is 7.11 Å². The van der Waals surface area contributed by atoms with Crippen molar-refractivity contribution in [1.29, 1.82) is 0 Å². The van der Waals surface area contributed by atoms with Gasteiger partial charge in [0.05, 0.1) is 7.11 Å². The number of hydrogen-bond donors (Lipinski definition) is 1. The molecule has 0 aliphatic carbocycles. The van der Waals surface area contributed by atoms with Crippen LogP contribution in [0.4, 0.5) is 0 Å². The summed E-state index contributed by atoms with van der Waals surface area (Å²) in [4.78, 5) is 23.0. The maximum Gasteiger partial charge on any atom is 0.342 e. The van der Waals surface area contributed by atoms with Gasteiger partial charge in [0.15, 0.2) is 0 Å². The molecule has 1 aromatic carbocycles. The number of benzene rings is 1. The molecule has 0 fully saturated rings. The van der Waals surface area contributed by atoms with Crippen molar-refractivity contribution in [1.82, 2.24) is 0 Å². The van der Waals surface area contributed by atoms with Crippen molar-refractivity contribution >= 4 is 11.8 Å². The number of carbonyl (C=O) groups excluding carboxylic acids is 2. The van der Waals surface area contributed by atoms with Crippen molar-refractivity contribution in [3.05, 3.63) is 23.3 Å². The molecule has 1 atom stereocenters. The van der Waals surface area contributed by atoms with Gasteiger partial charge in [0.25, 0.3) is 0 Å². The first-order valence-corrected chi connectivity index (χ1v) is 6.62. The number of carbonyl (C=O) groups is 2. The second-order valence-corrected chi connectivity index (χ2v) is 4.97. The highest BCUT2D eigenvalue weighted by molar-refractivity contribution is 5.96. The Hall–Kier alpha value is -2.04. The molecule has 1 heterocycles. The van der Waals surface area contributed by atoms with Crippen LogP contribution in [0, 0.1) is 0 Å². The van der Waals surface area contributed by atoms with Crippen LogP contribution in [0.25, 0.3) is 0 Å². The molecule has 0 saturated carbocycles. The van der Waals surface area contributed by atoms with Crippen LogP contribution < -0.4 is 4.74 Å². The van der Waals surface area contributed by atoms with Crippen molar-refractivity contribution in [2.45, 2.75) is 38.7 Å². The third-order valence-corrected chi connectivity index (χ3v) is 3.43. The fourth-order valence-corrected chi connectivity index (χ4v) is 2.44. The number of hydrogen-bond acceptors (Lipinski definition) is 5. The Morgan fingerprint density at radius 3 is 2.90 bits per heavy atom. The Kier molecular flexibility index (Phi) is 4.27. The van der Waals surface area contributed by atoms with Crippen molar-refractivity contribution in [3.63, 3.8) is 0 Å². The van der Waals surface area contributed by atoms with E-state index in [2.05, 4.69) is 0 Å². The first kappa shape index (κ1) is 14.4. The summed E-state index contributed by atoms with van der Waals surface area (Å²) in [6.45, 7) is 1.54. The van der Waals surface area contributed by atoms with Gasteiger partial charge in [0.2, 0.25) is 0 Å². The van der Waals surface area contributed by atoms with Crippen LogP contribution in [0.1, 0.15) is 42.1 Å². The number of fused-ring (bicyclic) bond motifs is 1. The van der Waals surface area contributed by atoms with Crippen LogP contribution in [0.3, 0.4) is 0 Å². The van der Waals surface area contributed by atoms with Gasteiger partial charge in [0, 0.05) is 18.4 Å². The minimum Gasteiger partial charge on any atom is -0.508 e. The van der Waals surface area contributed by atoms with Crippen LogP contribution >= 0.6 is 0 Å². The van der Waals surface area contributed by atoms with Crippen LogP contribution in [-0.2, 0) is 16.0 Å². The molecule has 0 bridgehead atoms. The lowest BCUT2D eigenvalue weighted by atomic mass is 9.94. The average molecular weight is 278 g/mol. The summed E-state index contributed by atoms with van der Waals surface area (Å²) in [7, 11) is 1.47. The molecular formula is C15H18O5. The molecule has 1 unspecified atom stereocenters. The maximum atomic E-state index is 12.0. The van der Waals surface area contributed by atoms with Gasteiger partial charge in [-0.2, -0.15) is 0 Å². The molecule has 1 aromatic rings. The quantitative estimate of drug-likeness (QED) is 0.836. The lowest BCUT2D eigenvalue weighted by Gasteiger charge is -2.26. The van der Waals surface area contributed by atoms with Crippen molar-refractivity contribution < 1.29 is 24.2 Å². The number of phenolic OH excluding ortho intramolecular Hbond substituents is 1. The predicted octanol–water partition coefficient (Wildman–Crippen LogP) is 2.24. The number of cyclic esters (lactones) is 1. The van der Waals surface area contributed by atoms with Crippen molar-refractivity contribution in [2.24, 2.45) is 0 Å². The second kappa shape index (κ2) is 5.94. The molecule has 0 saturated heterocycles. The topological polar surface area (TPSA) is 72.8 Å². The highest BCUT2D eigenvalue weighted by atomic mass is 16.5. The molecule has 108 valence electrons. The molecule has 2 rings (SSSR count). The molecule has 1 aliphatic rings. The Morgan fingerprint density at radius 1 is 1.50 bits per heavy atom. The number of phenols is 1. The van der Waals surface area contributed by atoms with E-state index in [1.165, 1.54) is 13.2 Å². The fraction of sp³-hybridized carbons (Fsp3) is 0.467. The standard InChI is InChI=1S/C15H18O5/c1-9(16)4-3-5-10-8-11-12(17)6-7-13(19-2)14(11)15(18)20-10/h6-7,10,17H,3-5,8H2,1-2H3. The SMILES string of the molecule is COc1ccc(O)c2c1C(=O)OC(CCCC(C)=O)C2. The molecule has 20 heavy (non-hydrogen) atoms. The molecule has 5 heteroatoms. The third-order valence-electron chi connectivity index (χ3n) is 3.43. The molecule has 5 nitrogen and oxygen atoms in total.